The molecule has 2 aromatic carbocycles. The van der Waals surface area contributed by atoms with E-state index in [4.69, 9.17) is 5.11 Å². The van der Waals surface area contributed by atoms with Crippen LogP contribution >= 0.6 is 0 Å². The Bertz CT molecular complexity index is 643. The number of carboxylic acids is 1. The van der Waals surface area contributed by atoms with Gasteiger partial charge in [-0.2, -0.15) is 0 Å². The van der Waals surface area contributed by atoms with Crippen molar-refractivity contribution in [3.63, 3.8) is 0 Å². The van der Waals surface area contributed by atoms with E-state index in [1.54, 1.807) is 36.4 Å². The van der Waals surface area contributed by atoms with E-state index < -0.39 is 23.7 Å². The average molecular weight is 287 g/mol. The van der Waals surface area contributed by atoms with Gasteiger partial charge in [0.25, 0.3) is 5.91 Å². The van der Waals surface area contributed by atoms with Crippen molar-refractivity contribution in [2.75, 3.05) is 0 Å². The van der Waals surface area contributed by atoms with E-state index in [1.165, 1.54) is 18.2 Å². The zero-order valence-electron chi connectivity index (χ0n) is 11.1. The molecule has 0 fully saturated rings. The van der Waals surface area contributed by atoms with Crippen LogP contribution in [0.1, 0.15) is 28.4 Å². The first kappa shape index (κ1) is 14.7. The summed E-state index contributed by atoms with van der Waals surface area (Å²) in [6.45, 7) is 0. The topological polar surface area (TPSA) is 66.4 Å². The molecule has 0 aromatic heterocycles. The minimum Gasteiger partial charge on any atom is -0.481 e. The standard InChI is InChI=1S/C16H14FNO3/c17-13-9-5-4-8-12(13)16(21)18-14(10-15(19)20)11-6-2-1-3-7-11/h1-9,14H,10H2,(H,18,21)(H,19,20)/t14-/m0/s1. The minimum atomic E-state index is -1.04. The van der Waals surface area contributed by atoms with Gasteiger partial charge in [-0.3, -0.25) is 9.59 Å². The first-order valence-corrected chi connectivity index (χ1v) is 6.40. The molecule has 0 saturated heterocycles. The largest absolute Gasteiger partial charge is 0.481 e. The van der Waals surface area contributed by atoms with Crippen molar-refractivity contribution < 1.29 is 19.1 Å². The summed E-state index contributed by atoms with van der Waals surface area (Å²) in [7, 11) is 0. The van der Waals surface area contributed by atoms with Gasteiger partial charge in [-0.25, -0.2) is 4.39 Å². The molecule has 0 saturated carbocycles. The molecular formula is C16H14FNO3. The third kappa shape index (κ3) is 3.89. The fourth-order valence-corrected chi connectivity index (χ4v) is 1.99. The van der Waals surface area contributed by atoms with E-state index in [0.29, 0.717) is 5.56 Å². The highest BCUT2D eigenvalue weighted by molar-refractivity contribution is 5.94. The SMILES string of the molecule is O=C(O)C[C@H](NC(=O)c1ccccc1F)c1ccccc1. The maximum atomic E-state index is 13.6. The fourth-order valence-electron chi connectivity index (χ4n) is 1.99. The summed E-state index contributed by atoms with van der Waals surface area (Å²) in [4.78, 5) is 23.0. The number of carbonyl (C=O) groups is 2. The molecule has 2 aromatic rings. The van der Waals surface area contributed by atoms with Crippen LogP contribution in [0.2, 0.25) is 0 Å². The van der Waals surface area contributed by atoms with Crippen molar-refractivity contribution in [3.05, 3.63) is 71.5 Å². The van der Waals surface area contributed by atoms with Crippen LogP contribution < -0.4 is 5.32 Å². The van der Waals surface area contributed by atoms with Gasteiger partial charge in [0.1, 0.15) is 5.82 Å². The predicted octanol–water partition coefficient (Wildman–Crippen LogP) is 2.77. The summed E-state index contributed by atoms with van der Waals surface area (Å²) in [5.74, 6) is -2.32. The van der Waals surface area contributed by atoms with Gasteiger partial charge in [0.05, 0.1) is 18.0 Å². The molecule has 0 spiro atoms. The van der Waals surface area contributed by atoms with Gasteiger partial charge in [0, 0.05) is 0 Å². The van der Waals surface area contributed by atoms with Crippen LogP contribution in [0.15, 0.2) is 54.6 Å². The second kappa shape index (κ2) is 6.65. The first-order chi connectivity index (χ1) is 10.1. The normalized spacial score (nSPS) is 11.7. The molecule has 2 N–H and O–H groups in total. The molecule has 0 heterocycles. The zero-order chi connectivity index (χ0) is 15.2. The van der Waals surface area contributed by atoms with Crippen LogP contribution in [-0.4, -0.2) is 17.0 Å². The number of hydrogen-bond acceptors (Lipinski definition) is 2. The lowest BCUT2D eigenvalue weighted by Gasteiger charge is -2.17. The summed E-state index contributed by atoms with van der Waals surface area (Å²) in [6, 6.07) is 13.6. The van der Waals surface area contributed by atoms with Crippen molar-refractivity contribution in [1.29, 1.82) is 0 Å². The molecule has 4 nitrogen and oxygen atoms in total. The number of nitrogens with one attached hydrogen (secondary N) is 1. The lowest BCUT2D eigenvalue weighted by atomic mass is 10.0. The van der Waals surface area contributed by atoms with Gasteiger partial charge >= 0.3 is 5.97 Å². The number of amides is 1. The number of carboxylic acid groups (broad SMARTS) is 1. The van der Waals surface area contributed by atoms with E-state index in [1.807, 2.05) is 0 Å². The Morgan fingerprint density at radius 3 is 2.29 bits per heavy atom. The molecular weight excluding hydrogens is 273 g/mol. The van der Waals surface area contributed by atoms with E-state index in [9.17, 15) is 14.0 Å². The van der Waals surface area contributed by atoms with Crippen molar-refractivity contribution >= 4 is 11.9 Å². The Morgan fingerprint density at radius 1 is 1.05 bits per heavy atom. The van der Waals surface area contributed by atoms with Gasteiger partial charge in [0.15, 0.2) is 0 Å². The van der Waals surface area contributed by atoms with Crippen LogP contribution in [0, 0.1) is 5.82 Å². The molecule has 2 rings (SSSR count). The number of carbonyl (C=O) groups excluding carboxylic acids is 1. The second-order valence-electron chi connectivity index (χ2n) is 4.51. The number of aliphatic carboxylic acids is 1. The lowest BCUT2D eigenvalue weighted by molar-refractivity contribution is -0.137. The van der Waals surface area contributed by atoms with Crippen molar-refractivity contribution in [2.45, 2.75) is 12.5 Å². The van der Waals surface area contributed by atoms with Crippen molar-refractivity contribution in [2.24, 2.45) is 0 Å². The second-order valence-corrected chi connectivity index (χ2v) is 4.51. The highest BCUT2D eigenvalue weighted by atomic mass is 19.1. The number of rotatable bonds is 5. The summed E-state index contributed by atoms with van der Waals surface area (Å²) >= 11 is 0. The van der Waals surface area contributed by atoms with Gasteiger partial charge < -0.3 is 10.4 Å². The molecule has 108 valence electrons. The molecule has 1 atom stereocenters. The quantitative estimate of drug-likeness (QED) is 0.888. The maximum absolute atomic E-state index is 13.6. The van der Waals surface area contributed by atoms with Gasteiger partial charge in [-0.05, 0) is 17.7 Å². The van der Waals surface area contributed by atoms with Crippen LogP contribution in [0.4, 0.5) is 4.39 Å². The lowest BCUT2D eigenvalue weighted by Crippen LogP contribution is -2.30. The Morgan fingerprint density at radius 2 is 1.67 bits per heavy atom. The summed E-state index contributed by atoms with van der Waals surface area (Å²) in [5, 5.41) is 11.5. The maximum Gasteiger partial charge on any atom is 0.305 e. The number of benzene rings is 2. The third-order valence-corrected chi connectivity index (χ3v) is 3.00. The summed E-state index contributed by atoms with van der Waals surface area (Å²) in [6.07, 6.45) is -0.274. The van der Waals surface area contributed by atoms with Crippen LogP contribution in [0.5, 0.6) is 0 Å². The third-order valence-electron chi connectivity index (χ3n) is 3.00. The molecule has 0 bridgehead atoms. The number of hydrogen-bond donors (Lipinski definition) is 2. The average Bonchev–Trinajstić information content (AvgIpc) is 2.47. The molecule has 0 unspecified atom stereocenters. The number of halogens is 1. The Kier molecular flexibility index (Phi) is 4.66. The molecule has 0 aliphatic heterocycles. The van der Waals surface area contributed by atoms with Crippen LogP contribution in [0.3, 0.4) is 0 Å². The first-order valence-electron chi connectivity index (χ1n) is 6.40. The Labute approximate surface area is 121 Å². The molecule has 1 amide bonds. The summed E-state index contributed by atoms with van der Waals surface area (Å²) < 4.78 is 13.6. The van der Waals surface area contributed by atoms with Crippen LogP contribution in [0.25, 0.3) is 0 Å². The monoisotopic (exact) mass is 287 g/mol. The van der Waals surface area contributed by atoms with Crippen molar-refractivity contribution in [3.8, 4) is 0 Å². The Hall–Kier alpha value is -2.69. The predicted molar refractivity (Wildman–Crippen MR) is 75.3 cm³/mol. The van der Waals surface area contributed by atoms with E-state index in [2.05, 4.69) is 5.32 Å². The molecule has 0 radical (unpaired) electrons. The van der Waals surface area contributed by atoms with Crippen LogP contribution in [-0.2, 0) is 4.79 Å². The van der Waals surface area contributed by atoms with Gasteiger partial charge in [0.2, 0.25) is 0 Å². The molecule has 0 aliphatic carbocycles. The zero-order valence-corrected chi connectivity index (χ0v) is 11.1. The Balaban J connectivity index is 2.21. The molecule has 21 heavy (non-hydrogen) atoms. The smallest absolute Gasteiger partial charge is 0.305 e. The summed E-state index contributed by atoms with van der Waals surface area (Å²) in [5.41, 5.74) is 0.549. The van der Waals surface area contributed by atoms with E-state index in [0.717, 1.165) is 0 Å². The highest BCUT2D eigenvalue weighted by Gasteiger charge is 2.20. The molecule has 0 aliphatic rings. The van der Waals surface area contributed by atoms with Gasteiger partial charge in [-0.1, -0.05) is 42.5 Å². The minimum absolute atomic E-state index is 0.108. The van der Waals surface area contributed by atoms with E-state index in [-0.39, 0.29) is 12.0 Å². The van der Waals surface area contributed by atoms with E-state index >= 15 is 0 Å². The van der Waals surface area contributed by atoms with Crippen molar-refractivity contribution in [1.82, 2.24) is 5.32 Å². The fraction of sp³-hybridized carbons (Fsp3) is 0.125. The van der Waals surface area contributed by atoms with Gasteiger partial charge in [-0.15, -0.1) is 0 Å². The molecule has 5 heteroatoms. The highest BCUT2D eigenvalue weighted by Crippen LogP contribution is 2.18.